The normalized spacial score (nSPS) is 34.4. The number of amides is 1. The molecule has 4 aliphatic rings. The van der Waals surface area contributed by atoms with Crippen molar-refractivity contribution in [3.05, 3.63) is 0 Å². The minimum Gasteiger partial charge on any atom is -0.456 e. The molecular weight excluding hydrogens is 378 g/mol. The van der Waals surface area contributed by atoms with Gasteiger partial charge in [-0.25, -0.2) is 8.42 Å². The molecule has 4 unspecified atom stereocenters. The molecule has 0 N–H and O–H groups in total. The standard InChI is InChI=1S/C21H33NO5S/c23-20(13-27-21(24)12-17-11-15-6-7-16(17)10-15)22(18-4-2-1-3-5-18)19-8-9-28(25,26)14-19/h15-19H,1-14H2. The van der Waals surface area contributed by atoms with Gasteiger partial charge in [0.2, 0.25) is 0 Å². The van der Waals surface area contributed by atoms with Gasteiger partial charge in [-0.05, 0) is 56.3 Å². The fraction of sp³-hybridized carbons (Fsp3) is 0.905. The van der Waals surface area contributed by atoms with Gasteiger partial charge < -0.3 is 9.64 Å². The first-order chi connectivity index (χ1) is 13.4. The number of fused-ring (bicyclic) bond motifs is 2. The predicted molar refractivity (Wildman–Crippen MR) is 105 cm³/mol. The summed E-state index contributed by atoms with van der Waals surface area (Å²) in [4.78, 5) is 27.1. The van der Waals surface area contributed by atoms with Crippen molar-refractivity contribution < 1.29 is 22.7 Å². The van der Waals surface area contributed by atoms with Crippen molar-refractivity contribution in [2.45, 2.75) is 82.7 Å². The van der Waals surface area contributed by atoms with Crippen molar-refractivity contribution in [1.29, 1.82) is 0 Å². The Kier molecular flexibility index (Phi) is 6.00. The molecule has 6 nitrogen and oxygen atoms in total. The van der Waals surface area contributed by atoms with Crippen LogP contribution in [0.4, 0.5) is 0 Å². The average molecular weight is 412 g/mol. The van der Waals surface area contributed by atoms with Crippen molar-refractivity contribution in [2.24, 2.45) is 17.8 Å². The Balaban J connectivity index is 1.33. The molecule has 3 aliphatic carbocycles. The first-order valence-corrected chi connectivity index (χ1v) is 12.9. The number of hydrogen-bond donors (Lipinski definition) is 0. The molecule has 4 fully saturated rings. The van der Waals surface area contributed by atoms with Crippen LogP contribution >= 0.6 is 0 Å². The number of hydrogen-bond acceptors (Lipinski definition) is 5. The van der Waals surface area contributed by atoms with Crippen LogP contribution in [0.25, 0.3) is 0 Å². The Labute approximate surface area is 168 Å². The first kappa shape index (κ1) is 20.2. The zero-order chi connectivity index (χ0) is 19.7. The van der Waals surface area contributed by atoms with Crippen molar-refractivity contribution >= 4 is 21.7 Å². The Morgan fingerprint density at radius 2 is 1.71 bits per heavy atom. The van der Waals surface area contributed by atoms with Crippen molar-refractivity contribution in [3.8, 4) is 0 Å². The molecule has 4 atom stereocenters. The van der Waals surface area contributed by atoms with E-state index < -0.39 is 9.84 Å². The molecule has 1 heterocycles. The number of esters is 1. The second kappa shape index (κ2) is 8.33. The molecule has 1 saturated heterocycles. The van der Waals surface area contributed by atoms with E-state index in [0.717, 1.165) is 38.0 Å². The van der Waals surface area contributed by atoms with E-state index in [0.29, 0.717) is 24.7 Å². The summed E-state index contributed by atoms with van der Waals surface area (Å²) in [5.41, 5.74) is 0. The van der Waals surface area contributed by atoms with Gasteiger partial charge in [-0.1, -0.05) is 25.7 Å². The third-order valence-electron chi connectivity index (χ3n) is 7.53. The second-order valence-corrected chi connectivity index (χ2v) is 11.7. The summed E-state index contributed by atoms with van der Waals surface area (Å²) in [5, 5.41) is 0. The molecule has 0 aromatic rings. The van der Waals surface area contributed by atoms with Crippen LogP contribution in [0, 0.1) is 17.8 Å². The molecule has 0 aromatic carbocycles. The SMILES string of the molecule is O=C(CC1CC2CCC1C2)OCC(=O)N(C1CCCCC1)C1CCS(=O)(=O)C1. The summed E-state index contributed by atoms with van der Waals surface area (Å²) >= 11 is 0. The van der Waals surface area contributed by atoms with Crippen LogP contribution in [0.3, 0.4) is 0 Å². The molecule has 2 bridgehead atoms. The van der Waals surface area contributed by atoms with Gasteiger partial charge in [0.15, 0.2) is 16.4 Å². The van der Waals surface area contributed by atoms with E-state index in [2.05, 4.69) is 0 Å². The van der Waals surface area contributed by atoms with Gasteiger partial charge in [-0.3, -0.25) is 9.59 Å². The topological polar surface area (TPSA) is 80.8 Å². The molecule has 0 spiro atoms. The highest BCUT2D eigenvalue weighted by Gasteiger charge is 2.41. The van der Waals surface area contributed by atoms with Crippen molar-refractivity contribution in [2.75, 3.05) is 18.1 Å². The number of carbonyl (C=O) groups is 2. The maximum atomic E-state index is 13.0. The molecule has 28 heavy (non-hydrogen) atoms. The smallest absolute Gasteiger partial charge is 0.306 e. The predicted octanol–water partition coefficient (Wildman–Crippen LogP) is 2.70. The third kappa shape index (κ3) is 4.55. The second-order valence-electron chi connectivity index (χ2n) is 9.45. The van der Waals surface area contributed by atoms with E-state index in [-0.39, 0.29) is 42.1 Å². The highest BCUT2D eigenvalue weighted by atomic mass is 32.2. The lowest BCUT2D eigenvalue weighted by Crippen LogP contribution is -2.50. The maximum Gasteiger partial charge on any atom is 0.306 e. The minimum absolute atomic E-state index is 0.0499. The van der Waals surface area contributed by atoms with Gasteiger partial charge in [-0.2, -0.15) is 0 Å². The van der Waals surface area contributed by atoms with Gasteiger partial charge in [0.05, 0.1) is 11.5 Å². The van der Waals surface area contributed by atoms with Crippen LogP contribution in [0.15, 0.2) is 0 Å². The van der Waals surface area contributed by atoms with Crippen LogP contribution in [0.2, 0.25) is 0 Å². The molecule has 0 radical (unpaired) electrons. The Hall–Kier alpha value is -1.11. The number of nitrogens with zero attached hydrogens (tertiary/aromatic N) is 1. The van der Waals surface area contributed by atoms with E-state index in [9.17, 15) is 18.0 Å². The number of ether oxygens (including phenoxy) is 1. The third-order valence-corrected chi connectivity index (χ3v) is 9.28. The number of sulfone groups is 1. The van der Waals surface area contributed by atoms with Gasteiger partial charge in [-0.15, -0.1) is 0 Å². The van der Waals surface area contributed by atoms with Gasteiger partial charge >= 0.3 is 5.97 Å². The molecule has 158 valence electrons. The zero-order valence-electron chi connectivity index (χ0n) is 16.7. The summed E-state index contributed by atoms with van der Waals surface area (Å²) in [5.74, 6) is 1.60. The highest BCUT2D eigenvalue weighted by Crippen LogP contribution is 2.49. The Morgan fingerprint density at radius 1 is 0.929 bits per heavy atom. The van der Waals surface area contributed by atoms with Crippen LogP contribution in [0.5, 0.6) is 0 Å². The van der Waals surface area contributed by atoms with Crippen molar-refractivity contribution in [3.63, 3.8) is 0 Å². The van der Waals surface area contributed by atoms with E-state index in [1.165, 1.54) is 25.7 Å². The molecule has 7 heteroatoms. The summed E-state index contributed by atoms with van der Waals surface area (Å²) in [6.07, 6.45) is 11.0. The fourth-order valence-corrected chi connectivity index (χ4v) is 7.89. The molecule has 4 rings (SSSR count). The number of carbonyl (C=O) groups excluding carboxylic acids is 2. The fourth-order valence-electron chi connectivity index (χ4n) is 6.18. The lowest BCUT2D eigenvalue weighted by Gasteiger charge is -2.38. The Morgan fingerprint density at radius 3 is 2.32 bits per heavy atom. The monoisotopic (exact) mass is 411 g/mol. The van der Waals surface area contributed by atoms with Gasteiger partial charge in [0, 0.05) is 18.5 Å². The summed E-state index contributed by atoms with van der Waals surface area (Å²) < 4.78 is 29.3. The van der Waals surface area contributed by atoms with E-state index >= 15 is 0 Å². The van der Waals surface area contributed by atoms with Gasteiger partial charge in [0.1, 0.15) is 0 Å². The lowest BCUT2D eigenvalue weighted by atomic mass is 9.86. The summed E-state index contributed by atoms with van der Waals surface area (Å²) in [6.45, 7) is -0.243. The van der Waals surface area contributed by atoms with Crippen molar-refractivity contribution in [1.82, 2.24) is 4.90 Å². The molecule has 1 amide bonds. The summed E-state index contributed by atoms with van der Waals surface area (Å²) in [6, 6.07) is -0.173. The molecule has 3 saturated carbocycles. The van der Waals surface area contributed by atoms with Gasteiger partial charge in [0.25, 0.3) is 5.91 Å². The minimum atomic E-state index is -3.07. The summed E-state index contributed by atoms with van der Waals surface area (Å²) in [7, 11) is -3.07. The molecule has 1 aliphatic heterocycles. The van der Waals surface area contributed by atoms with Crippen LogP contribution in [-0.4, -0.2) is 55.4 Å². The van der Waals surface area contributed by atoms with E-state index in [4.69, 9.17) is 4.74 Å². The molecular formula is C21H33NO5S. The maximum absolute atomic E-state index is 13.0. The highest BCUT2D eigenvalue weighted by molar-refractivity contribution is 7.91. The largest absolute Gasteiger partial charge is 0.456 e. The number of rotatable bonds is 6. The van der Waals surface area contributed by atoms with E-state index in [1.54, 1.807) is 4.90 Å². The van der Waals surface area contributed by atoms with Crippen LogP contribution < -0.4 is 0 Å². The Bertz CT molecular complexity index is 700. The molecule has 0 aromatic heterocycles. The lowest BCUT2D eigenvalue weighted by molar-refractivity contribution is -0.155. The van der Waals surface area contributed by atoms with Crippen LogP contribution in [0.1, 0.15) is 70.6 Å². The zero-order valence-corrected chi connectivity index (χ0v) is 17.5. The quantitative estimate of drug-likeness (QED) is 0.628. The van der Waals surface area contributed by atoms with Crippen LogP contribution in [-0.2, 0) is 24.2 Å². The average Bonchev–Trinajstić information content (AvgIpc) is 3.37. The first-order valence-electron chi connectivity index (χ1n) is 11.1. The van der Waals surface area contributed by atoms with E-state index in [1.807, 2.05) is 0 Å².